The summed E-state index contributed by atoms with van der Waals surface area (Å²) < 4.78 is 2.07. The molecular weight excluding hydrogens is 440 g/mol. The lowest BCUT2D eigenvalue weighted by atomic mass is 10.1. The van der Waals surface area contributed by atoms with Crippen molar-refractivity contribution in [1.82, 2.24) is 20.1 Å². The molecule has 3 atom stereocenters. The van der Waals surface area contributed by atoms with E-state index in [1.54, 1.807) is 11.8 Å². The van der Waals surface area contributed by atoms with E-state index < -0.39 is 0 Å². The highest BCUT2D eigenvalue weighted by Gasteiger charge is 2.44. The van der Waals surface area contributed by atoms with E-state index in [1.165, 1.54) is 16.7 Å². The molecule has 34 heavy (non-hydrogen) atoms. The Hall–Kier alpha value is -3.38. The summed E-state index contributed by atoms with van der Waals surface area (Å²) in [4.78, 5) is 13.0. The van der Waals surface area contributed by atoms with Crippen molar-refractivity contribution in [2.24, 2.45) is 5.92 Å². The topological polar surface area (TPSA) is 59.8 Å². The molecule has 1 aliphatic carbocycles. The van der Waals surface area contributed by atoms with Gasteiger partial charge in [-0.1, -0.05) is 90.1 Å². The first-order valence-corrected chi connectivity index (χ1v) is 12.6. The molecule has 5 nitrogen and oxygen atoms in total. The van der Waals surface area contributed by atoms with E-state index in [2.05, 4.69) is 75.5 Å². The van der Waals surface area contributed by atoms with E-state index in [0.717, 1.165) is 28.8 Å². The van der Waals surface area contributed by atoms with Crippen LogP contribution in [0.25, 0.3) is 5.69 Å². The number of benzene rings is 3. The predicted molar refractivity (Wildman–Crippen MR) is 136 cm³/mol. The molecule has 1 N–H and O–H groups in total. The molecule has 4 aromatic rings. The zero-order chi connectivity index (χ0) is 23.5. The minimum Gasteiger partial charge on any atom is -0.346 e. The zero-order valence-electron chi connectivity index (χ0n) is 19.4. The fourth-order valence-corrected chi connectivity index (χ4v) is 5.17. The van der Waals surface area contributed by atoms with Crippen LogP contribution in [0.2, 0.25) is 0 Å². The second-order valence-corrected chi connectivity index (χ2v) is 9.82. The molecule has 1 aromatic heterocycles. The maximum absolute atomic E-state index is 13.0. The summed E-state index contributed by atoms with van der Waals surface area (Å²) >= 11 is 1.65. The van der Waals surface area contributed by atoms with Crippen LogP contribution in [0.1, 0.15) is 47.8 Å². The lowest BCUT2D eigenvalue weighted by Crippen LogP contribution is -2.30. The highest BCUT2D eigenvalue weighted by atomic mass is 32.2. The first-order valence-electron chi connectivity index (χ1n) is 11.6. The molecule has 0 bridgehead atoms. The third-order valence-corrected chi connectivity index (χ3v) is 7.26. The highest BCUT2D eigenvalue weighted by Crippen LogP contribution is 2.47. The molecule has 1 fully saturated rings. The summed E-state index contributed by atoms with van der Waals surface area (Å²) in [5, 5.41) is 13.0. The van der Waals surface area contributed by atoms with Crippen LogP contribution >= 0.6 is 11.8 Å². The quantitative estimate of drug-likeness (QED) is 0.330. The molecule has 0 aliphatic heterocycles. The minimum atomic E-state index is -0.260. The number of nitrogens with zero attached hydrogens (tertiary/aromatic N) is 3. The molecular formula is C28H28N4OS. The molecule has 0 spiro atoms. The third kappa shape index (κ3) is 4.92. The summed E-state index contributed by atoms with van der Waals surface area (Å²) in [6, 6.07) is 28.7. The largest absolute Gasteiger partial charge is 0.346 e. The normalized spacial score (nSPS) is 17.8. The van der Waals surface area contributed by atoms with Crippen LogP contribution in [0.3, 0.4) is 0 Å². The Labute approximate surface area is 204 Å². The predicted octanol–water partition coefficient (Wildman–Crippen LogP) is 5.85. The van der Waals surface area contributed by atoms with Crippen molar-refractivity contribution < 1.29 is 4.79 Å². The maximum Gasteiger partial charge on any atom is 0.224 e. The van der Waals surface area contributed by atoms with Crippen LogP contribution < -0.4 is 5.32 Å². The van der Waals surface area contributed by atoms with Gasteiger partial charge in [-0.25, -0.2) is 0 Å². The van der Waals surface area contributed by atoms with Gasteiger partial charge in [0.1, 0.15) is 0 Å². The monoisotopic (exact) mass is 468 g/mol. The molecule has 172 valence electrons. The lowest BCUT2D eigenvalue weighted by Gasteiger charge is -2.16. The van der Waals surface area contributed by atoms with Gasteiger partial charge in [-0.3, -0.25) is 9.36 Å². The van der Waals surface area contributed by atoms with Crippen LogP contribution in [0, 0.1) is 12.8 Å². The van der Waals surface area contributed by atoms with Gasteiger partial charge in [0.15, 0.2) is 11.0 Å². The molecule has 1 aliphatic rings. The van der Waals surface area contributed by atoms with E-state index in [-0.39, 0.29) is 17.9 Å². The van der Waals surface area contributed by atoms with Gasteiger partial charge in [0, 0.05) is 17.4 Å². The summed E-state index contributed by atoms with van der Waals surface area (Å²) in [6.07, 6.45) is 0.894. The number of aryl methyl sites for hydroxylation is 1. The van der Waals surface area contributed by atoms with Gasteiger partial charge < -0.3 is 5.32 Å². The molecule has 5 rings (SSSR count). The number of rotatable bonds is 8. The molecule has 3 aromatic carbocycles. The Morgan fingerprint density at radius 2 is 1.68 bits per heavy atom. The average molecular weight is 469 g/mol. The van der Waals surface area contributed by atoms with Gasteiger partial charge in [-0.2, -0.15) is 0 Å². The van der Waals surface area contributed by atoms with Crippen molar-refractivity contribution in [3.05, 3.63) is 107 Å². The summed E-state index contributed by atoms with van der Waals surface area (Å²) in [6.45, 7) is 4.06. The van der Waals surface area contributed by atoms with Crippen LogP contribution in [0.15, 0.2) is 90.1 Å². The molecule has 1 heterocycles. The Balaban J connectivity index is 1.35. The van der Waals surface area contributed by atoms with Gasteiger partial charge in [-0.15, -0.1) is 10.2 Å². The average Bonchev–Trinajstić information content (AvgIpc) is 3.57. The number of aromatic nitrogens is 3. The Bertz CT molecular complexity index is 1250. The van der Waals surface area contributed by atoms with E-state index in [9.17, 15) is 4.79 Å². The SMILES string of the molecule is Cc1ccc(-n2c(SCc3ccccc3)nnc2C(C)NC(=O)C2CC2c2ccccc2)cc1. The summed E-state index contributed by atoms with van der Waals surface area (Å²) in [7, 11) is 0. The molecule has 0 radical (unpaired) electrons. The van der Waals surface area contributed by atoms with Crippen LogP contribution in [-0.2, 0) is 10.5 Å². The Morgan fingerprint density at radius 1 is 1.00 bits per heavy atom. The summed E-state index contributed by atoms with van der Waals surface area (Å²) in [5.74, 6) is 1.95. The molecule has 0 saturated heterocycles. The van der Waals surface area contributed by atoms with E-state index in [4.69, 9.17) is 0 Å². The van der Waals surface area contributed by atoms with Gasteiger partial charge in [0.2, 0.25) is 5.91 Å². The van der Waals surface area contributed by atoms with Gasteiger partial charge in [0.05, 0.1) is 6.04 Å². The minimum absolute atomic E-state index is 0.0209. The van der Waals surface area contributed by atoms with Crippen LogP contribution in [-0.4, -0.2) is 20.7 Å². The fraction of sp³-hybridized carbons (Fsp3) is 0.250. The smallest absolute Gasteiger partial charge is 0.224 e. The number of thioether (sulfide) groups is 1. The number of hydrogen-bond acceptors (Lipinski definition) is 4. The second kappa shape index (κ2) is 9.85. The van der Waals surface area contributed by atoms with Crippen molar-refractivity contribution in [3.8, 4) is 5.69 Å². The van der Waals surface area contributed by atoms with Gasteiger partial charge in [0.25, 0.3) is 0 Å². The highest BCUT2D eigenvalue weighted by molar-refractivity contribution is 7.98. The van der Waals surface area contributed by atoms with Crippen LogP contribution in [0.5, 0.6) is 0 Å². The Kier molecular flexibility index (Phi) is 6.50. The molecule has 1 amide bonds. The second-order valence-electron chi connectivity index (χ2n) is 8.88. The van der Waals surface area contributed by atoms with Crippen molar-refractivity contribution in [3.63, 3.8) is 0 Å². The number of hydrogen-bond donors (Lipinski definition) is 1. The third-order valence-electron chi connectivity index (χ3n) is 6.26. The van der Waals surface area contributed by atoms with Crippen molar-refractivity contribution in [2.45, 2.75) is 43.1 Å². The maximum atomic E-state index is 13.0. The van der Waals surface area contributed by atoms with Crippen molar-refractivity contribution in [2.75, 3.05) is 0 Å². The molecule has 3 unspecified atom stereocenters. The van der Waals surface area contributed by atoms with E-state index in [1.807, 2.05) is 43.3 Å². The number of carbonyl (C=O) groups excluding carboxylic acids is 1. The van der Waals surface area contributed by atoms with Crippen molar-refractivity contribution in [1.29, 1.82) is 0 Å². The molecule has 1 saturated carbocycles. The van der Waals surface area contributed by atoms with Crippen LogP contribution in [0.4, 0.5) is 0 Å². The van der Waals surface area contributed by atoms with Crippen molar-refractivity contribution >= 4 is 17.7 Å². The number of amides is 1. The first kappa shape index (κ1) is 22.4. The van der Waals surface area contributed by atoms with E-state index in [0.29, 0.717) is 5.92 Å². The lowest BCUT2D eigenvalue weighted by molar-refractivity contribution is -0.123. The Morgan fingerprint density at radius 3 is 2.38 bits per heavy atom. The first-order chi connectivity index (χ1) is 16.6. The standard InChI is InChI=1S/C28H28N4OS/c1-19-13-15-23(16-14-19)32-26(30-31-28(32)34-18-21-9-5-3-6-10-21)20(2)29-27(33)25-17-24(25)22-11-7-4-8-12-22/h3-16,20,24-25H,17-18H2,1-2H3,(H,29,33). The summed E-state index contributed by atoms with van der Waals surface area (Å²) in [5.41, 5.74) is 4.65. The number of nitrogens with one attached hydrogen (secondary N) is 1. The zero-order valence-corrected chi connectivity index (χ0v) is 20.2. The molecule has 6 heteroatoms. The van der Waals surface area contributed by atoms with E-state index >= 15 is 0 Å². The number of carbonyl (C=O) groups is 1. The van der Waals surface area contributed by atoms with Gasteiger partial charge in [-0.05, 0) is 49.4 Å². The van der Waals surface area contributed by atoms with Gasteiger partial charge >= 0.3 is 0 Å². The fourth-order valence-electron chi connectivity index (χ4n) is 4.25.